The predicted molar refractivity (Wildman–Crippen MR) is 52.7 cm³/mol. The van der Waals surface area contributed by atoms with Gasteiger partial charge >= 0.3 is 0 Å². The van der Waals surface area contributed by atoms with E-state index in [1.54, 1.807) is 0 Å². The van der Waals surface area contributed by atoms with Gasteiger partial charge in [-0.15, -0.1) is 0 Å². The van der Waals surface area contributed by atoms with E-state index in [2.05, 4.69) is 17.1 Å². The Morgan fingerprint density at radius 1 is 1.54 bits per heavy atom. The SMILES string of the molecule is CCCN1CCC(O)(C2CNC2)C1. The van der Waals surface area contributed by atoms with Crippen LogP contribution < -0.4 is 5.32 Å². The van der Waals surface area contributed by atoms with Crippen molar-refractivity contribution in [2.75, 3.05) is 32.7 Å². The first-order valence-electron chi connectivity index (χ1n) is 5.40. The van der Waals surface area contributed by atoms with Crippen molar-refractivity contribution in [1.29, 1.82) is 0 Å². The lowest BCUT2D eigenvalue weighted by atomic mass is 9.82. The molecule has 0 aromatic carbocycles. The van der Waals surface area contributed by atoms with Crippen molar-refractivity contribution in [2.45, 2.75) is 25.4 Å². The molecule has 0 amide bonds. The molecule has 2 N–H and O–H groups in total. The standard InChI is InChI=1S/C10H20N2O/c1-2-4-12-5-3-10(13,8-12)9-6-11-7-9/h9,11,13H,2-8H2,1H3. The van der Waals surface area contributed by atoms with Crippen molar-refractivity contribution in [2.24, 2.45) is 5.92 Å². The van der Waals surface area contributed by atoms with E-state index in [-0.39, 0.29) is 5.60 Å². The Morgan fingerprint density at radius 3 is 2.85 bits per heavy atom. The van der Waals surface area contributed by atoms with Crippen LogP contribution in [-0.4, -0.2) is 48.3 Å². The monoisotopic (exact) mass is 184 g/mol. The fraction of sp³-hybridized carbons (Fsp3) is 1.00. The first-order chi connectivity index (χ1) is 6.24. The zero-order valence-electron chi connectivity index (χ0n) is 8.42. The Balaban J connectivity index is 1.87. The Hall–Kier alpha value is -0.120. The lowest BCUT2D eigenvalue weighted by molar-refractivity contribution is -0.0294. The summed E-state index contributed by atoms with van der Waals surface area (Å²) in [5, 5.41) is 13.6. The lowest BCUT2D eigenvalue weighted by Gasteiger charge is -2.39. The van der Waals surface area contributed by atoms with Gasteiger partial charge in [-0.3, -0.25) is 0 Å². The van der Waals surface area contributed by atoms with E-state index in [0.29, 0.717) is 5.92 Å². The van der Waals surface area contributed by atoms with Gasteiger partial charge in [-0.1, -0.05) is 6.92 Å². The summed E-state index contributed by atoms with van der Waals surface area (Å²) in [6.07, 6.45) is 2.17. The number of β-amino-alcohol motifs (C(OH)–C–C–N with tert-alkyl or cyclic N) is 1. The molecule has 2 fully saturated rings. The first-order valence-corrected chi connectivity index (χ1v) is 5.40. The average molecular weight is 184 g/mol. The van der Waals surface area contributed by atoms with Gasteiger partial charge in [0.2, 0.25) is 0 Å². The fourth-order valence-electron chi connectivity index (χ4n) is 2.41. The maximum absolute atomic E-state index is 10.3. The first kappa shape index (κ1) is 9.44. The van der Waals surface area contributed by atoms with Crippen molar-refractivity contribution in [3.8, 4) is 0 Å². The molecule has 0 saturated carbocycles. The third-order valence-electron chi connectivity index (χ3n) is 3.44. The molecule has 2 rings (SSSR count). The third kappa shape index (κ3) is 1.73. The Morgan fingerprint density at radius 2 is 2.31 bits per heavy atom. The van der Waals surface area contributed by atoms with Crippen molar-refractivity contribution < 1.29 is 5.11 Å². The van der Waals surface area contributed by atoms with Gasteiger partial charge in [-0.2, -0.15) is 0 Å². The van der Waals surface area contributed by atoms with Crippen LogP contribution in [-0.2, 0) is 0 Å². The molecule has 3 nitrogen and oxygen atoms in total. The summed E-state index contributed by atoms with van der Waals surface area (Å²) in [4.78, 5) is 2.39. The van der Waals surface area contributed by atoms with Crippen LogP contribution in [0.1, 0.15) is 19.8 Å². The molecule has 2 saturated heterocycles. The van der Waals surface area contributed by atoms with Gasteiger partial charge in [-0.05, 0) is 19.4 Å². The summed E-state index contributed by atoms with van der Waals surface area (Å²) in [5.74, 6) is 0.509. The molecule has 0 aromatic rings. The molecule has 2 aliphatic heterocycles. The number of aliphatic hydroxyl groups is 1. The Labute approximate surface area is 80.1 Å². The minimum Gasteiger partial charge on any atom is -0.388 e. The summed E-state index contributed by atoms with van der Waals surface area (Å²) in [5.41, 5.74) is -0.375. The highest BCUT2D eigenvalue weighted by Gasteiger charge is 2.44. The highest BCUT2D eigenvalue weighted by molar-refractivity contribution is 5.00. The highest BCUT2D eigenvalue weighted by Crippen LogP contribution is 2.31. The second-order valence-corrected chi connectivity index (χ2v) is 4.48. The molecule has 0 spiro atoms. The van der Waals surface area contributed by atoms with E-state index >= 15 is 0 Å². The van der Waals surface area contributed by atoms with E-state index in [0.717, 1.165) is 39.1 Å². The smallest absolute Gasteiger partial charge is 0.0838 e. The number of rotatable bonds is 3. The molecule has 0 radical (unpaired) electrons. The molecule has 0 aromatic heterocycles. The predicted octanol–water partition coefficient (Wildman–Crippen LogP) is 0.0526. The number of nitrogens with one attached hydrogen (secondary N) is 1. The summed E-state index contributed by atoms with van der Waals surface area (Å²) >= 11 is 0. The van der Waals surface area contributed by atoms with Crippen molar-refractivity contribution >= 4 is 0 Å². The van der Waals surface area contributed by atoms with Crippen LogP contribution in [0.4, 0.5) is 0 Å². The molecule has 0 bridgehead atoms. The fourth-order valence-corrected chi connectivity index (χ4v) is 2.41. The molecular formula is C10H20N2O. The van der Waals surface area contributed by atoms with Gasteiger partial charge in [0.15, 0.2) is 0 Å². The zero-order valence-corrected chi connectivity index (χ0v) is 8.42. The Kier molecular flexibility index (Phi) is 2.58. The zero-order chi connectivity index (χ0) is 9.31. The van der Waals surface area contributed by atoms with E-state index in [9.17, 15) is 5.11 Å². The van der Waals surface area contributed by atoms with Crippen LogP contribution in [0.25, 0.3) is 0 Å². The minimum atomic E-state index is -0.375. The third-order valence-corrected chi connectivity index (χ3v) is 3.44. The molecule has 1 unspecified atom stereocenters. The molecular weight excluding hydrogens is 164 g/mol. The Bertz CT molecular complexity index is 182. The summed E-state index contributed by atoms with van der Waals surface area (Å²) in [7, 11) is 0. The van der Waals surface area contributed by atoms with Crippen LogP contribution in [0, 0.1) is 5.92 Å². The van der Waals surface area contributed by atoms with Gasteiger partial charge in [0.05, 0.1) is 5.60 Å². The quantitative estimate of drug-likeness (QED) is 0.651. The van der Waals surface area contributed by atoms with Crippen LogP contribution in [0.5, 0.6) is 0 Å². The van der Waals surface area contributed by atoms with Crippen LogP contribution >= 0.6 is 0 Å². The topological polar surface area (TPSA) is 35.5 Å². The lowest BCUT2D eigenvalue weighted by Crippen LogP contribution is -2.56. The van der Waals surface area contributed by atoms with Crippen molar-refractivity contribution in [3.05, 3.63) is 0 Å². The van der Waals surface area contributed by atoms with Crippen LogP contribution in [0.2, 0.25) is 0 Å². The van der Waals surface area contributed by atoms with Crippen LogP contribution in [0.15, 0.2) is 0 Å². The summed E-state index contributed by atoms with van der Waals surface area (Å²) < 4.78 is 0. The average Bonchev–Trinajstić information content (AvgIpc) is 2.29. The second kappa shape index (κ2) is 3.56. The van der Waals surface area contributed by atoms with Crippen molar-refractivity contribution in [1.82, 2.24) is 10.2 Å². The minimum absolute atomic E-state index is 0.375. The number of likely N-dealkylation sites (tertiary alicyclic amines) is 1. The molecule has 13 heavy (non-hydrogen) atoms. The summed E-state index contributed by atoms with van der Waals surface area (Å²) in [6, 6.07) is 0. The molecule has 1 atom stereocenters. The maximum Gasteiger partial charge on any atom is 0.0838 e. The number of hydrogen-bond acceptors (Lipinski definition) is 3. The molecule has 2 aliphatic rings. The molecule has 76 valence electrons. The molecule has 2 heterocycles. The van der Waals surface area contributed by atoms with Crippen LogP contribution in [0.3, 0.4) is 0 Å². The van der Waals surface area contributed by atoms with E-state index < -0.39 is 0 Å². The van der Waals surface area contributed by atoms with Gasteiger partial charge in [0.1, 0.15) is 0 Å². The van der Waals surface area contributed by atoms with Gasteiger partial charge in [0, 0.05) is 32.1 Å². The highest BCUT2D eigenvalue weighted by atomic mass is 16.3. The van der Waals surface area contributed by atoms with Gasteiger partial charge < -0.3 is 15.3 Å². The summed E-state index contributed by atoms with van der Waals surface area (Å²) in [6.45, 7) is 7.34. The largest absolute Gasteiger partial charge is 0.388 e. The normalized spacial score (nSPS) is 36.5. The maximum atomic E-state index is 10.3. The molecule has 3 heteroatoms. The van der Waals surface area contributed by atoms with Gasteiger partial charge in [-0.25, -0.2) is 0 Å². The van der Waals surface area contributed by atoms with E-state index in [4.69, 9.17) is 0 Å². The number of hydrogen-bond donors (Lipinski definition) is 2. The second-order valence-electron chi connectivity index (χ2n) is 4.48. The van der Waals surface area contributed by atoms with E-state index in [1.807, 2.05) is 0 Å². The van der Waals surface area contributed by atoms with E-state index in [1.165, 1.54) is 6.42 Å². The molecule has 0 aliphatic carbocycles. The number of nitrogens with zero attached hydrogens (tertiary/aromatic N) is 1. The van der Waals surface area contributed by atoms with Gasteiger partial charge in [0.25, 0.3) is 0 Å². The van der Waals surface area contributed by atoms with Crippen molar-refractivity contribution in [3.63, 3.8) is 0 Å².